The number of nitrogens with zero attached hydrogens (tertiary/aromatic N) is 2. The standard InChI is InChI=1S/C31H22N2/c32-23-24-13-7-8-18-27(24)28-19-9-10-20-29(28)30-21-11-12-22-31(30)33(25-14-3-1-4-15-25)26-16-5-2-6-17-26/h1-22H. The lowest BCUT2D eigenvalue weighted by Gasteiger charge is -2.28. The molecule has 0 amide bonds. The fraction of sp³-hybridized carbons (Fsp3) is 0. The minimum atomic E-state index is 0.672. The van der Waals surface area contributed by atoms with Crippen LogP contribution >= 0.6 is 0 Å². The predicted molar refractivity (Wildman–Crippen MR) is 137 cm³/mol. The van der Waals surface area contributed by atoms with E-state index >= 15 is 0 Å². The first kappa shape index (κ1) is 20.3. The maximum absolute atomic E-state index is 9.72. The van der Waals surface area contributed by atoms with E-state index in [0.29, 0.717) is 5.56 Å². The third-order valence-corrected chi connectivity index (χ3v) is 5.73. The van der Waals surface area contributed by atoms with Gasteiger partial charge in [0.15, 0.2) is 0 Å². The molecule has 2 nitrogen and oxygen atoms in total. The average Bonchev–Trinajstić information content (AvgIpc) is 2.90. The molecule has 0 aromatic heterocycles. The number of para-hydroxylation sites is 3. The second kappa shape index (κ2) is 9.26. The summed E-state index contributed by atoms with van der Waals surface area (Å²) in [5.41, 5.74) is 8.11. The van der Waals surface area contributed by atoms with Crippen molar-refractivity contribution in [2.75, 3.05) is 4.90 Å². The van der Waals surface area contributed by atoms with Crippen LogP contribution in [0, 0.1) is 11.3 Å². The summed E-state index contributed by atoms with van der Waals surface area (Å²) in [7, 11) is 0. The average molecular weight is 423 g/mol. The normalized spacial score (nSPS) is 10.4. The van der Waals surface area contributed by atoms with E-state index in [9.17, 15) is 5.26 Å². The summed E-state index contributed by atoms with van der Waals surface area (Å²) >= 11 is 0. The molecule has 0 fully saturated rings. The first-order chi connectivity index (χ1) is 16.4. The summed E-state index contributed by atoms with van der Waals surface area (Å²) in [4.78, 5) is 2.28. The molecule has 0 spiro atoms. The molecule has 0 saturated heterocycles. The highest BCUT2D eigenvalue weighted by molar-refractivity contribution is 5.94. The fourth-order valence-corrected chi connectivity index (χ4v) is 4.25. The second-order valence-corrected chi connectivity index (χ2v) is 7.73. The molecule has 5 aromatic carbocycles. The highest BCUT2D eigenvalue weighted by Crippen LogP contribution is 2.43. The summed E-state index contributed by atoms with van der Waals surface area (Å²) in [6.07, 6.45) is 0. The molecule has 0 bridgehead atoms. The van der Waals surface area contributed by atoms with Gasteiger partial charge in [-0.15, -0.1) is 0 Å². The van der Waals surface area contributed by atoms with Crippen LogP contribution in [-0.4, -0.2) is 0 Å². The molecule has 0 heterocycles. The lowest BCUT2D eigenvalue weighted by molar-refractivity contribution is 1.28. The highest BCUT2D eigenvalue weighted by Gasteiger charge is 2.19. The Bertz CT molecular complexity index is 1380. The number of nitriles is 1. The molecule has 0 aliphatic rings. The Morgan fingerprint density at radius 1 is 0.424 bits per heavy atom. The lowest BCUT2D eigenvalue weighted by atomic mass is 9.91. The van der Waals surface area contributed by atoms with E-state index in [0.717, 1.165) is 39.3 Å². The molecular weight excluding hydrogens is 400 g/mol. The topological polar surface area (TPSA) is 27.0 Å². The summed E-state index contributed by atoms with van der Waals surface area (Å²) in [5.74, 6) is 0. The van der Waals surface area contributed by atoms with E-state index in [1.807, 2.05) is 42.5 Å². The Morgan fingerprint density at radius 3 is 1.42 bits per heavy atom. The monoisotopic (exact) mass is 422 g/mol. The summed E-state index contributed by atoms with van der Waals surface area (Å²) in [5, 5.41) is 9.72. The van der Waals surface area contributed by atoms with E-state index in [1.54, 1.807) is 0 Å². The van der Waals surface area contributed by atoms with Crippen LogP contribution < -0.4 is 4.90 Å². The van der Waals surface area contributed by atoms with Gasteiger partial charge in [-0.1, -0.05) is 97.1 Å². The van der Waals surface area contributed by atoms with Crippen LogP contribution in [-0.2, 0) is 0 Å². The van der Waals surface area contributed by atoms with E-state index in [4.69, 9.17) is 0 Å². The Morgan fingerprint density at radius 2 is 0.848 bits per heavy atom. The van der Waals surface area contributed by atoms with Crippen molar-refractivity contribution in [2.45, 2.75) is 0 Å². The minimum Gasteiger partial charge on any atom is -0.310 e. The zero-order valence-electron chi connectivity index (χ0n) is 18.1. The number of benzene rings is 5. The molecule has 0 N–H and O–H groups in total. The molecule has 2 heteroatoms. The molecule has 5 rings (SSSR count). The number of hydrogen-bond donors (Lipinski definition) is 0. The molecule has 0 aliphatic heterocycles. The van der Waals surface area contributed by atoms with Crippen LogP contribution in [0.25, 0.3) is 22.3 Å². The zero-order chi connectivity index (χ0) is 22.5. The van der Waals surface area contributed by atoms with Gasteiger partial charge >= 0.3 is 0 Å². The van der Waals surface area contributed by atoms with E-state index in [2.05, 4.69) is 102 Å². The van der Waals surface area contributed by atoms with Crippen molar-refractivity contribution in [3.63, 3.8) is 0 Å². The van der Waals surface area contributed by atoms with E-state index in [1.165, 1.54) is 0 Å². The predicted octanol–water partition coefficient (Wildman–Crippen LogP) is 8.36. The van der Waals surface area contributed by atoms with Crippen LogP contribution in [0.2, 0.25) is 0 Å². The summed E-state index contributed by atoms with van der Waals surface area (Å²) < 4.78 is 0. The highest BCUT2D eigenvalue weighted by atomic mass is 15.1. The minimum absolute atomic E-state index is 0.672. The van der Waals surface area contributed by atoms with Crippen molar-refractivity contribution in [1.29, 1.82) is 5.26 Å². The SMILES string of the molecule is N#Cc1ccccc1-c1ccccc1-c1ccccc1N(c1ccccc1)c1ccccc1. The van der Waals surface area contributed by atoms with Gasteiger partial charge in [-0.2, -0.15) is 5.26 Å². The second-order valence-electron chi connectivity index (χ2n) is 7.73. The quantitative estimate of drug-likeness (QED) is 0.284. The third kappa shape index (κ3) is 4.01. The Labute approximate surface area is 194 Å². The molecule has 0 unspecified atom stereocenters. The molecule has 0 atom stereocenters. The van der Waals surface area contributed by atoms with Crippen LogP contribution in [0.15, 0.2) is 133 Å². The molecule has 0 aliphatic carbocycles. The van der Waals surface area contributed by atoms with Crippen LogP contribution in [0.1, 0.15) is 5.56 Å². The van der Waals surface area contributed by atoms with Crippen molar-refractivity contribution in [3.8, 4) is 28.3 Å². The van der Waals surface area contributed by atoms with Crippen molar-refractivity contribution in [2.24, 2.45) is 0 Å². The van der Waals surface area contributed by atoms with Gasteiger partial charge in [-0.3, -0.25) is 0 Å². The van der Waals surface area contributed by atoms with Gasteiger partial charge in [0.05, 0.1) is 17.3 Å². The lowest BCUT2D eigenvalue weighted by Crippen LogP contribution is -2.11. The molecule has 0 saturated carbocycles. The first-order valence-electron chi connectivity index (χ1n) is 10.9. The van der Waals surface area contributed by atoms with E-state index in [-0.39, 0.29) is 0 Å². The summed E-state index contributed by atoms with van der Waals surface area (Å²) in [6, 6.07) is 47.7. The van der Waals surface area contributed by atoms with Gasteiger partial charge in [-0.25, -0.2) is 0 Å². The van der Waals surface area contributed by atoms with Crippen molar-refractivity contribution in [1.82, 2.24) is 0 Å². The van der Waals surface area contributed by atoms with Gasteiger partial charge in [0.1, 0.15) is 0 Å². The maximum atomic E-state index is 9.72. The van der Waals surface area contributed by atoms with Crippen molar-refractivity contribution in [3.05, 3.63) is 139 Å². The van der Waals surface area contributed by atoms with Crippen molar-refractivity contribution < 1.29 is 0 Å². The smallest absolute Gasteiger partial charge is 0.0998 e. The summed E-state index contributed by atoms with van der Waals surface area (Å²) in [6.45, 7) is 0. The van der Waals surface area contributed by atoms with Crippen LogP contribution in [0.3, 0.4) is 0 Å². The molecule has 156 valence electrons. The Hall–Kier alpha value is -4.61. The number of hydrogen-bond acceptors (Lipinski definition) is 2. The number of rotatable bonds is 5. The first-order valence-corrected chi connectivity index (χ1v) is 10.9. The van der Waals surface area contributed by atoms with Gasteiger partial charge < -0.3 is 4.90 Å². The van der Waals surface area contributed by atoms with E-state index < -0.39 is 0 Å². The number of anilines is 3. The molecule has 5 aromatic rings. The molecular formula is C31H22N2. The van der Waals surface area contributed by atoms with Gasteiger partial charge in [0.2, 0.25) is 0 Å². The Balaban J connectivity index is 1.75. The largest absolute Gasteiger partial charge is 0.310 e. The van der Waals surface area contributed by atoms with Gasteiger partial charge in [-0.05, 0) is 47.5 Å². The zero-order valence-corrected chi connectivity index (χ0v) is 18.1. The van der Waals surface area contributed by atoms with Crippen molar-refractivity contribution >= 4 is 17.1 Å². The molecule has 33 heavy (non-hydrogen) atoms. The Kier molecular flexibility index (Phi) is 5.70. The van der Waals surface area contributed by atoms with Gasteiger partial charge in [0, 0.05) is 22.5 Å². The van der Waals surface area contributed by atoms with Gasteiger partial charge in [0.25, 0.3) is 0 Å². The fourth-order valence-electron chi connectivity index (χ4n) is 4.25. The third-order valence-electron chi connectivity index (χ3n) is 5.73. The molecule has 0 radical (unpaired) electrons. The van der Waals surface area contributed by atoms with Crippen LogP contribution in [0.4, 0.5) is 17.1 Å². The van der Waals surface area contributed by atoms with Crippen LogP contribution in [0.5, 0.6) is 0 Å². The maximum Gasteiger partial charge on any atom is 0.0998 e.